The van der Waals surface area contributed by atoms with E-state index < -0.39 is 0 Å². The normalized spacial score (nSPS) is 25.0. The van der Waals surface area contributed by atoms with Crippen molar-refractivity contribution in [3.8, 4) is 0 Å². The maximum Gasteiger partial charge on any atom is 0.243 e. The third kappa shape index (κ3) is 7.50. The Morgan fingerprint density at radius 2 is 1.88 bits per heavy atom. The Hall–Kier alpha value is -1.34. The zero-order valence-electron chi connectivity index (χ0n) is 16.8. The van der Waals surface area contributed by atoms with E-state index in [0.29, 0.717) is 6.04 Å². The molecule has 1 heterocycles. The maximum atomic E-state index is 11.9. The van der Waals surface area contributed by atoms with Crippen molar-refractivity contribution in [3.05, 3.63) is 0 Å². The highest BCUT2D eigenvalue weighted by atomic mass is 16.5. The molecular formula is C19H37N5O2. The molecule has 1 aliphatic heterocycles. The van der Waals surface area contributed by atoms with Crippen molar-refractivity contribution in [2.24, 2.45) is 10.9 Å². The molecule has 0 bridgehead atoms. The number of amides is 1. The number of carbonyl (C=O) groups excluding carboxylic acids is 1. The largest absolute Gasteiger partial charge is 0.379 e. The van der Waals surface area contributed by atoms with E-state index in [-0.39, 0.29) is 12.5 Å². The summed E-state index contributed by atoms with van der Waals surface area (Å²) in [6.07, 6.45) is 6.22. The standard InChI is InChI=1S/C19H37N5O2/c1-4-16-5-7-17(8-6-16)22-19(21-15-18(25)23(2)3)20-9-10-24-11-13-26-14-12-24/h16-17H,4-15H2,1-3H3,(H2,20,21,22). The maximum absolute atomic E-state index is 11.9. The van der Waals surface area contributed by atoms with Gasteiger partial charge in [-0.25, -0.2) is 4.99 Å². The Kier molecular flexibility index (Phi) is 9.18. The molecule has 0 spiro atoms. The minimum atomic E-state index is 0.0222. The highest BCUT2D eigenvalue weighted by Gasteiger charge is 2.21. The second kappa shape index (κ2) is 11.4. The Bertz CT molecular complexity index is 441. The van der Waals surface area contributed by atoms with Gasteiger partial charge in [-0.2, -0.15) is 0 Å². The van der Waals surface area contributed by atoms with Crippen LogP contribution in [0.1, 0.15) is 39.0 Å². The first-order valence-corrected chi connectivity index (χ1v) is 10.1. The molecule has 1 saturated heterocycles. The average Bonchev–Trinajstić information content (AvgIpc) is 2.67. The topological polar surface area (TPSA) is 69.2 Å². The predicted molar refractivity (Wildman–Crippen MR) is 105 cm³/mol. The molecule has 0 radical (unpaired) electrons. The number of carbonyl (C=O) groups is 1. The second-order valence-electron chi connectivity index (χ2n) is 7.60. The lowest BCUT2D eigenvalue weighted by Crippen LogP contribution is -2.48. The molecule has 2 aliphatic rings. The van der Waals surface area contributed by atoms with Crippen LogP contribution >= 0.6 is 0 Å². The van der Waals surface area contributed by atoms with Crippen LogP contribution in [-0.2, 0) is 9.53 Å². The molecule has 0 aromatic carbocycles. The van der Waals surface area contributed by atoms with Gasteiger partial charge in [0.15, 0.2) is 5.96 Å². The smallest absolute Gasteiger partial charge is 0.243 e. The van der Waals surface area contributed by atoms with E-state index >= 15 is 0 Å². The van der Waals surface area contributed by atoms with Gasteiger partial charge in [0.2, 0.25) is 5.91 Å². The first-order valence-electron chi connectivity index (χ1n) is 10.1. The van der Waals surface area contributed by atoms with Crippen molar-refractivity contribution in [2.75, 3.05) is 60.0 Å². The van der Waals surface area contributed by atoms with Gasteiger partial charge in [-0.15, -0.1) is 0 Å². The number of likely N-dealkylation sites (N-methyl/N-ethyl adjacent to an activating group) is 1. The van der Waals surface area contributed by atoms with Gasteiger partial charge in [0.1, 0.15) is 6.54 Å². The predicted octanol–water partition coefficient (Wildman–Crippen LogP) is 0.911. The summed E-state index contributed by atoms with van der Waals surface area (Å²) < 4.78 is 5.39. The lowest BCUT2D eigenvalue weighted by molar-refractivity contribution is -0.127. The van der Waals surface area contributed by atoms with Crippen LogP contribution in [0.3, 0.4) is 0 Å². The van der Waals surface area contributed by atoms with E-state index in [0.717, 1.165) is 51.3 Å². The van der Waals surface area contributed by atoms with Crippen molar-refractivity contribution >= 4 is 11.9 Å². The number of nitrogens with zero attached hydrogens (tertiary/aromatic N) is 3. The van der Waals surface area contributed by atoms with Crippen LogP contribution in [0.15, 0.2) is 4.99 Å². The minimum Gasteiger partial charge on any atom is -0.379 e. The molecule has 0 aromatic heterocycles. The van der Waals surface area contributed by atoms with Crippen LogP contribution in [0, 0.1) is 5.92 Å². The SMILES string of the molecule is CCC1CCC(NC(=NCC(=O)N(C)C)NCCN2CCOCC2)CC1. The number of morpholine rings is 1. The highest BCUT2D eigenvalue weighted by molar-refractivity contribution is 5.84. The third-order valence-electron chi connectivity index (χ3n) is 5.46. The summed E-state index contributed by atoms with van der Waals surface area (Å²) in [5.41, 5.74) is 0. The van der Waals surface area contributed by atoms with Crippen LogP contribution in [0.5, 0.6) is 0 Å². The summed E-state index contributed by atoms with van der Waals surface area (Å²) in [4.78, 5) is 20.4. The molecule has 2 rings (SSSR count). The fourth-order valence-corrected chi connectivity index (χ4v) is 3.51. The molecule has 1 saturated carbocycles. The zero-order valence-corrected chi connectivity index (χ0v) is 16.8. The van der Waals surface area contributed by atoms with Crippen LogP contribution < -0.4 is 10.6 Å². The number of ether oxygens (including phenoxy) is 1. The van der Waals surface area contributed by atoms with E-state index in [9.17, 15) is 4.79 Å². The molecule has 2 N–H and O–H groups in total. The van der Waals surface area contributed by atoms with Crippen LogP contribution in [0.2, 0.25) is 0 Å². The third-order valence-corrected chi connectivity index (χ3v) is 5.46. The van der Waals surface area contributed by atoms with Crippen molar-refractivity contribution < 1.29 is 9.53 Å². The van der Waals surface area contributed by atoms with Gasteiger partial charge in [0, 0.05) is 46.3 Å². The Morgan fingerprint density at radius 1 is 1.19 bits per heavy atom. The van der Waals surface area contributed by atoms with Crippen molar-refractivity contribution in [1.29, 1.82) is 0 Å². The summed E-state index contributed by atoms with van der Waals surface area (Å²) in [6, 6.07) is 0.460. The summed E-state index contributed by atoms with van der Waals surface area (Å²) >= 11 is 0. The van der Waals surface area contributed by atoms with E-state index in [1.54, 1.807) is 19.0 Å². The second-order valence-corrected chi connectivity index (χ2v) is 7.60. The lowest BCUT2D eigenvalue weighted by atomic mass is 9.84. The number of nitrogens with one attached hydrogen (secondary N) is 2. The molecule has 7 nitrogen and oxygen atoms in total. The van der Waals surface area contributed by atoms with Crippen LogP contribution in [0.25, 0.3) is 0 Å². The summed E-state index contributed by atoms with van der Waals surface area (Å²) in [5, 5.41) is 6.98. The number of guanidine groups is 1. The van der Waals surface area contributed by atoms with Gasteiger partial charge in [-0.1, -0.05) is 13.3 Å². The van der Waals surface area contributed by atoms with E-state index in [4.69, 9.17) is 4.74 Å². The van der Waals surface area contributed by atoms with Crippen molar-refractivity contribution in [1.82, 2.24) is 20.4 Å². The molecule has 7 heteroatoms. The van der Waals surface area contributed by atoms with Gasteiger partial charge >= 0.3 is 0 Å². The van der Waals surface area contributed by atoms with Gasteiger partial charge in [0.25, 0.3) is 0 Å². The van der Waals surface area contributed by atoms with Crippen LogP contribution in [0.4, 0.5) is 0 Å². The first kappa shape index (κ1) is 21.0. The number of rotatable bonds is 7. The van der Waals surface area contributed by atoms with Gasteiger partial charge in [0.05, 0.1) is 13.2 Å². The lowest BCUT2D eigenvalue weighted by Gasteiger charge is -2.30. The van der Waals surface area contributed by atoms with Crippen LogP contribution in [-0.4, -0.2) is 87.7 Å². The zero-order chi connectivity index (χ0) is 18.8. The first-order chi connectivity index (χ1) is 12.6. The fraction of sp³-hybridized carbons (Fsp3) is 0.895. The molecule has 150 valence electrons. The van der Waals surface area contributed by atoms with E-state index in [1.165, 1.54) is 32.1 Å². The van der Waals surface area contributed by atoms with Crippen molar-refractivity contribution in [3.63, 3.8) is 0 Å². The Labute approximate surface area is 158 Å². The van der Waals surface area contributed by atoms with Crippen molar-refractivity contribution in [2.45, 2.75) is 45.1 Å². The Morgan fingerprint density at radius 3 is 2.50 bits per heavy atom. The average molecular weight is 368 g/mol. The number of aliphatic imine (C=N–C) groups is 1. The molecule has 0 aromatic rings. The van der Waals surface area contributed by atoms with Gasteiger partial charge < -0.3 is 20.3 Å². The highest BCUT2D eigenvalue weighted by Crippen LogP contribution is 2.26. The number of hydrogen-bond acceptors (Lipinski definition) is 4. The molecule has 2 fully saturated rings. The van der Waals surface area contributed by atoms with E-state index in [2.05, 4.69) is 27.4 Å². The molecule has 0 atom stereocenters. The quantitative estimate of drug-likeness (QED) is 0.517. The molecule has 0 unspecified atom stereocenters. The summed E-state index contributed by atoms with van der Waals surface area (Å²) in [6.45, 7) is 7.87. The Balaban J connectivity index is 1.82. The molecular weight excluding hydrogens is 330 g/mol. The fourth-order valence-electron chi connectivity index (χ4n) is 3.51. The van der Waals surface area contributed by atoms with Gasteiger partial charge in [-0.3, -0.25) is 9.69 Å². The minimum absolute atomic E-state index is 0.0222. The molecule has 1 amide bonds. The summed E-state index contributed by atoms with van der Waals surface area (Å²) in [7, 11) is 3.53. The molecule has 1 aliphatic carbocycles. The van der Waals surface area contributed by atoms with E-state index in [1.807, 2.05) is 0 Å². The number of hydrogen-bond donors (Lipinski definition) is 2. The van der Waals surface area contributed by atoms with Gasteiger partial charge in [-0.05, 0) is 31.6 Å². The summed E-state index contributed by atoms with van der Waals surface area (Å²) in [5.74, 6) is 1.67. The monoisotopic (exact) mass is 367 g/mol. The molecule has 26 heavy (non-hydrogen) atoms.